The number of nitrogens with zero attached hydrogens (tertiary/aromatic N) is 3. The molecule has 0 spiro atoms. The second-order valence-corrected chi connectivity index (χ2v) is 5.23. The molecule has 20 heavy (non-hydrogen) atoms. The lowest BCUT2D eigenvalue weighted by molar-refractivity contribution is 0.442. The SMILES string of the molecule is Cc1nc(Nc2ccc(Br)cc2F)c2c(C)noc2n1. The van der Waals surface area contributed by atoms with Gasteiger partial charge >= 0.3 is 0 Å². The summed E-state index contributed by atoms with van der Waals surface area (Å²) in [6.07, 6.45) is 0. The Labute approximate surface area is 122 Å². The summed E-state index contributed by atoms with van der Waals surface area (Å²) in [4.78, 5) is 8.45. The first kappa shape index (κ1) is 13.0. The van der Waals surface area contributed by atoms with Crippen LogP contribution in [0.3, 0.4) is 0 Å². The minimum Gasteiger partial charge on any atom is -0.337 e. The van der Waals surface area contributed by atoms with E-state index in [1.165, 1.54) is 6.07 Å². The van der Waals surface area contributed by atoms with Gasteiger partial charge in [-0.15, -0.1) is 0 Å². The normalized spacial score (nSPS) is 11.0. The highest BCUT2D eigenvalue weighted by Crippen LogP contribution is 2.28. The fraction of sp³-hybridized carbons (Fsp3) is 0.154. The Morgan fingerprint density at radius 2 is 2.05 bits per heavy atom. The van der Waals surface area contributed by atoms with Gasteiger partial charge in [-0.1, -0.05) is 21.1 Å². The van der Waals surface area contributed by atoms with Crippen molar-refractivity contribution < 1.29 is 8.91 Å². The van der Waals surface area contributed by atoms with Crippen molar-refractivity contribution in [3.63, 3.8) is 0 Å². The van der Waals surface area contributed by atoms with Gasteiger partial charge in [0.25, 0.3) is 5.71 Å². The monoisotopic (exact) mass is 336 g/mol. The van der Waals surface area contributed by atoms with Gasteiger partial charge in [0.15, 0.2) is 0 Å². The molecule has 1 aromatic carbocycles. The molecule has 0 radical (unpaired) electrons. The second-order valence-electron chi connectivity index (χ2n) is 4.32. The molecular weight excluding hydrogens is 327 g/mol. The van der Waals surface area contributed by atoms with Crippen LogP contribution in [0.25, 0.3) is 11.1 Å². The van der Waals surface area contributed by atoms with E-state index in [-0.39, 0.29) is 5.82 Å². The number of rotatable bonds is 2. The van der Waals surface area contributed by atoms with E-state index in [2.05, 4.69) is 36.4 Å². The Kier molecular flexibility index (Phi) is 3.13. The predicted molar refractivity (Wildman–Crippen MR) is 76.5 cm³/mol. The molecule has 2 aromatic heterocycles. The Hall–Kier alpha value is -2.02. The van der Waals surface area contributed by atoms with E-state index >= 15 is 0 Å². The molecule has 0 atom stereocenters. The number of hydrogen-bond donors (Lipinski definition) is 1. The molecule has 1 N–H and O–H groups in total. The zero-order valence-corrected chi connectivity index (χ0v) is 12.3. The first-order chi connectivity index (χ1) is 9.54. The minimum absolute atomic E-state index is 0.327. The van der Waals surface area contributed by atoms with Crippen LogP contribution in [0.4, 0.5) is 15.9 Å². The quantitative estimate of drug-likeness (QED) is 0.769. The maximum Gasteiger partial charge on any atom is 0.263 e. The van der Waals surface area contributed by atoms with E-state index in [9.17, 15) is 4.39 Å². The van der Waals surface area contributed by atoms with Gasteiger partial charge in [0.2, 0.25) is 0 Å². The molecule has 0 aliphatic rings. The summed E-state index contributed by atoms with van der Waals surface area (Å²) in [6.45, 7) is 3.52. The minimum atomic E-state index is -0.377. The molecule has 5 nitrogen and oxygen atoms in total. The smallest absolute Gasteiger partial charge is 0.263 e. The number of benzene rings is 1. The summed E-state index contributed by atoms with van der Waals surface area (Å²) >= 11 is 3.22. The first-order valence-electron chi connectivity index (χ1n) is 5.87. The van der Waals surface area contributed by atoms with Crippen LogP contribution in [0.15, 0.2) is 27.2 Å². The molecule has 3 aromatic rings. The first-order valence-corrected chi connectivity index (χ1v) is 6.66. The van der Waals surface area contributed by atoms with Crippen molar-refractivity contribution in [2.75, 3.05) is 5.32 Å². The van der Waals surface area contributed by atoms with Crippen LogP contribution >= 0.6 is 15.9 Å². The Morgan fingerprint density at radius 3 is 2.80 bits per heavy atom. The summed E-state index contributed by atoms with van der Waals surface area (Å²) in [5, 5.41) is 7.47. The molecule has 0 fully saturated rings. The predicted octanol–water partition coefficient (Wildman–Crippen LogP) is 3.88. The van der Waals surface area contributed by atoms with Crippen molar-refractivity contribution in [3.8, 4) is 0 Å². The molecule has 2 heterocycles. The summed E-state index contributed by atoms with van der Waals surface area (Å²) < 4.78 is 19.7. The molecule has 7 heteroatoms. The van der Waals surface area contributed by atoms with Crippen LogP contribution < -0.4 is 5.32 Å². The number of aryl methyl sites for hydroxylation is 2. The zero-order valence-electron chi connectivity index (χ0n) is 10.7. The van der Waals surface area contributed by atoms with Gasteiger partial charge < -0.3 is 9.84 Å². The highest BCUT2D eigenvalue weighted by molar-refractivity contribution is 9.10. The average molecular weight is 337 g/mol. The topological polar surface area (TPSA) is 63.8 Å². The molecular formula is C13H10BrFN4O. The van der Waals surface area contributed by atoms with E-state index in [0.29, 0.717) is 38.6 Å². The summed E-state index contributed by atoms with van der Waals surface area (Å²) in [5.74, 6) is 0.624. The largest absolute Gasteiger partial charge is 0.337 e. The van der Waals surface area contributed by atoms with Gasteiger partial charge in [-0.2, -0.15) is 4.98 Å². The molecule has 0 saturated heterocycles. The van der Waals surface area contributed by atoms with Crippen LogP contribution in [-0.2, 0) is 0 Å². The molecule has 0 amide bonds. The van der Waals surface area contributed by atoms with Crippen LogP contribution in [0.5, 0.6) is 0 Å². The third-order valence-electron chi connectivity index (χ3n) is 2.80. The van der Waals surface area contributed by atoms with Crippen LogP contribution in [0.2, 0.25) is 0 Å². The number of anilines is 2. The maximum absolute atomic E-state index is 13.9. The summed E-state index contributed by atoms with van der Waals surface area (Å²) in [6, 6.07) is 4.76. The van der Waals surface area contributed by atoms with Gasteiger partial charge in [-0.3, -0.25) is 0 Å². The van der Waals surface area contributed by atoms with Crippen molar-refractivity contribution in [2.24, 2.45) is 0 Å². The molecule has 0 aliphatic carbocycles. The van der Waals surface area contributed by atoms with Gasteiger partial charge in [-0.05, 0) is 32.0 Å². The highest BCUT2D eigenvalue weighted by atomic mass is 79.9. The number of hydrogen-bond acceptors (Lipinski definition) is 5. The number of nitrogens with one attached hydrogen (secondary N) is 1. The maximum atomic E-state index is 13.9. The third-order valence-corrected chi connectivity index (χ3v) is 3.30. The van der Waals surface area contributed by atoms with Crippen molar-refractivity contribution in [1.29, 1.82) is 0 Å². The zero-order chi connectivity index (χ0) is 14.3. The van der Waals surface area contributed by atoms with Crippen LogP contribution in [0.1, 0.15) is 11.5 Å². The number of halogens is 2. The highest BCUT2D eigenvalue weighted by Gasteiger charge is 2.15. The molecule has 102 valence electrons. The Morgan fingerprint density at radius 1 is 1.25 bits per heavy atom. The van der Waals surface area contributed by atoms with Gasteiger partial charge in [0.1, 0.15) is 22.8 Å². The lowest BCUT2D eigenvalue weighted by Crippen LogP contribution is -2.00. The van der Waals surface area contributed by atoms with Crippen molar-refractivity contribution in [3.05, 3.63) is 40.0 Å². The van der Waals surface area contributed by atoms with E-state index in [1.54, 1.807) is 26.0 Å². The molecule has 3 rings (SSSR count). The van der Waals surface area contributed by atoms with Gasteiger partial charge in [0.05, 0.1) is 11.4 Å². The van der Waals surface area contributed by atoms with Crippen LogP contribution in [0, 0.1) is 19.7 Å². The van der Waals surface area contributed by atoms with Crippen molar-refractivity contribution >= 4 is 38.5 Å². The Balaban J connectivity index is 2.12. The standard InChI is InChI=1S/C13H10BrFN4O/c1-6-11-12(16-7(2)17-13(11)20-19-6)18-10-4-3-8(14)5-9(10)15/h3-5H,1-2H3,(H,16,17,18). The lowest BCUT2D eigenvalue weighted by Gasteiger charge is -2.08. The summed E-state index contributed by atoms with van der Waals surface area (Å²) in [5.41, 5.74) is 1.36. The van der Waals surface area contributed by atoms with E-state index < -0.39 is 0 Å². The fourth-order valence-electron chi connectivity index (χ4n) is 1.91. The number of aromatic nitrogens is 3. The lowest BCUT2D eigenvalue weighted by atomic mass is 10.2. The average Bonchev–Trinajstić information content (AvgIpc) is 2.74. The van der Waals surface area contributed by atoms with E-state index in [0.717, 1.165) is 0 Å². The molecule has 0 bridgehead atoms. The van der Waals surface area contributed by atoms with Gasteiger partial charge in [-0.25, -0.2) is 9.37 Å². The van der Waals surface area contributed by atoms with Crippen molar-refractivity contribution in [2.45, 2.75) is 13.8 Å². The van der Waals surface area contributed by atoms with E-state index in [1.807, 2.05) is 0 Å². The summed E-state index contributed by atoms with van der Waals surface area (Å²) in [7, 11) is 0. The second kappa shape index (κ2) is 4.82. The number of fused-ring (bicyclic) bond motifs is 1. The van der Waals surface area contributed by atoms with Crippen molar-refractivity contribution in [1.82, 2.24) is 15.1 Å². The van der Waals surface area contributed by atoms with E-state index in [4.69, 9.17) is 4.52 Å². The van der Waals surface area contributed by atoms with Gasteiger partial charge in [0, 0.05) is 4.47 Å². The third kappa shape index (κ3) is 2.24. The molecule has 0 saturated carbocycles. The van der Waals surface area contributed by atoms with Crippen LogP contribution in [-0.4, -0.2) is 15.1 Å². The fourth-order valence-corrected chi connectivity index (χ4v) is 2.24. The molecule has 0 unspecified atom stereocenters. The Bertz CT molecular complexity index is 802. The molecule has 0 aliphatic heterocycles.